The number of hydrogen-bond acceptors (Lipinski definition) is 20. The maximum atomic E-state index is 15.5. The van der Waals surface area contributed by atoms with E-state index >= 15 is 14.2 Å². The van der Waals surface area contributed by atoms with Gasteiger partial charge in [0, 0.05) is 0 Å². The Labute approximate surface area is 714 Å². The van der Waals surface area contributed by atoms with Gasteiger partial charge in [-0.3, -0.25) is 23.2 Å². The third-order valence-electron chi connectivity index (χ3n) is 20.3. The molecule has 0 saturated carbocycles. The molecule has 0 bridgehead atoms. The topological polar surface area (TPSA) is 248 Å². The molecule has 5 aromatic rings. The summed E-state index contributed by atoms with van der Waals surface area (Å²) in [5.41, 5.74) is 1.60. The summed E-state index contributed by atoms with van der Waals surface area (Å²) in [4.78, 5) is 59.3. The van der Waals surface area contributed by atoms with Crippen molar-refractivity contribution in [2.24, 2.45) is 0 Å². The van der Waals surface area contributed by atoms with Gasteiger partial charge in [0.25, 0.3) is 0 Å². The van der Waals surface area contributed by atoms with Crippen molar-refractivity contribution in [1.82, 2.24) is 10.6 Å². The van der Waals surface area contributed by atoms with Crippen molar-refractivity contribution in [2.45, 2.75) is 284 Å². The van der Waals surface area contributed by atoms with E-state index in [4.69, 9.17) is 105 Å². The van der Waals surface area contributed by atoms with Gasteiger partial charge in [0.2, 0.25) is 9.70 Å². The van der Waals surface area contributed by atoms with Crippen LogP contribution in [-0.4, -0.2) is 134 Å². The Morgan fingerprint density at radius 3 is 1.45 bits per heavy atom. The molecule has 8 rings (SSSR count). The number of alkyl halides is 9. The van der Waals surface area contributed by atoms with Gasteiger partial charge in [-0.05, 0) is 70.5 Å². The van der Waals surface area contributed by atoms with Crippen LogP contribution in [0.25, 0.3) is 0 Å². The number of ether oxygens (including phenoxy) is 12. The summed E-state index contributed by atoms with van der Waals surface area (Å²) in [6, 6.07) is 30.4. The van der Waals surface area contributed by atoms with Gasteiger partial charge in [-0.15, -0.1) is 6.58 Å². The fourth-order valence-electron chi connectivity index (χ4n) is 13.9. The lowest BCUT2D eigenvalue weighted by molar-refractivity contribution is -0.308. The second kappa shape index (κ2) is 52.2. The molecule has 3 aliphatic heterocycles. The Balaban J connectivity index is 1.20. The summed E-state index contributed by atoms with van der Waals surface area (Å²) >= 11 is 18.3. The summed E-state index contributed by atoms with van der Waals surface area (Å²) < 4.78 is 191. The molecule has 3 aliphatic rings. The van der Waals surface area contributed by atoms with Gasteiger partial charge < -0.3 is 67.5 Å². The minimum absolute atomic E-state index is 0.0574. The Kier molecular flexibility index (Phi) is 42.9. The van der Waals surface area contributed by atoms with Crippen molar-refractivity contribution in [1.29, 1.82) is 0 Å². The fourth-order valence-corrected chi connectivity index (χ4v) is 15.5. The lowest BCUT2D eigenvalue weighted by atomic mass is 9.95. The smallest absolute Gasteiger partial charge is 0.457 e. The fraction of sp³-hybridized carbons (Fsp3) is 0.568. The van der Waals surface area contributed by atoms with Crippen LogP contribution in [0.5, 0.6) is 0 Å². The zero-order chi connectivity index (χ0) is 86.2. The molecule has 0 unspecified atom stereocenters. The van der Waals surface area contributed by atoms with Gasteiger partial charge in [0.05, 0.1) is 95.6 Å². The van der Waals surface area contributed by atoms with E-state index in [1.165, 1.54) is 36.4 Å². The first kappa shape index (κ1) is 98.7. The van der Waals surface area contributed by atoms with Crippen molar-refractivity contribution in [2.75, 3.05) is 33.0 Å². The van der Waals surface area contributed by atoms with Crippen LogP contribution in [0, 0.1) is 0 Å². The molecular weight excluding hydrogens is 1660 g/mol. The van der Waals surface area contributed by atoms with Gasteiger partial charge in [-0.25, -0.2) is 14.2 Å². The van der Waals surface area contributed by atoms with Crippen molar-refractivity contribution < 1.29 is 120 Å². The van der Waals surface area contributed by atoms with E-state index in [2.05, 4.69) is 37.6 Å². The number of alkyl carbamates (subject to hydrolysis) is 1. The van der Waals surface area contributed by atoms with Gasteiger partial charge in [0.15, 0.2) is 24.8 Å². The standard InChI is InChI=1S/C88H114Cl3F6N2O20P/c1-5-9-11-13-15-17-19-21-29-39-70(108-54-64-41-45-68(46-42-64)87(92,93)94)51-74(100)98-76-80(117-75(101)52-71(40-30-22-20-18-16-14-12-10-6-2)109-55-65-43-47-69(48-44-65)88(95,96)97)78(110-56-63-35-27-24-28-36-63)73(116-82(76)106-49-7-3)60-111-83-77(99-84(102)112-61-86(89,90)91)81(118-85(103)107-50-8-4)79(72(115-83)59-105-53-62-33-25-23-26-34-62)119-120(104)113-57-66-37-31-32-38-67(66)58-114-120/h7-8,23-28,31-38,41-48,70-73,76-83H,3-6,9-22,29-30,39-40,49-61H2,1-2H3,(H,98,100)(H,99,102)/t70-,71-,72-,73-,76-,77-,78-,79-,80-,81-,82-,83-/m1/s1. The van der Waals surface area contributed by atoms with Crippen molar-refractivity contribution in [3.05, 3.63) is 203 Å². The predicted molar refractivity (Wildman–Crippen MR) is 439 cm³/mol. The minimum Gasteiger partial charge on any atom is -0.457 e. The first-order valence-corrected chi connectivity index (χ1v) is 43.9. The first-order valence-electron chi connectivity index (χ1n) is 41.3. The van der Waals surface area contributed by atoms with Crippen LogP contribution < -0.4 is 10.6 Å². The summed E-state index contributed by atoms with van der Waals surface area (Å²) in [6.07, 6.45) is -7.02. The van der Waals surface area contributed by atoms with Crippen LogP contribution >= 0.6 is 42.6 Å². The van der Waals surface area contributed by atoms with Gasteiger partial charge in [-0.1, -0.05) is 292 Å². The van der Waals surface area contributed by atoms with Crippen LogP contribution in [0.1, 0.15) is 200 Å². The van der Waals surface area contributed by atoms with E-state index < -0.39 is 166 Å². The number of phosphoric acid groups is 1. The zero-order valence-electron chi connectivity index (χ0n) is 68.0. The lowest BCUT2D eigenvalue weighted by Gasteiger charge is -2.47. The molecule has 32 heteroatoms. The molecule has 3 heterocycles. The second-order valence-electron chi connectivity index (χ2n) is 29.9. The summed E-state index contributed by atoms with van der Waals surface area (Å²) in [5.74, 6) is -1.56. The monoisotopic (exact) mass is 1770 g/mol. The van der Waals surface area contributed by atoms with Crippen LogP contribution in [0.3, 0.4) is 0 Å². The SMILES string of the molecule is C=CCOC(=O)O[C@@H]1[C@@H](NC(=O)OCC(Cl)(Cl)Cl)[C@H](OC[C@H]2O[C@@H](OCC=C)[C@H](NC(=O)C[C@@H](CCCCCCCCCCC)OCc3ccc(C(F)(F)F)cc3)[C@@H](OC(=O)C[C@@H](CCCCCCCCCCC)OCc3ccc(C(F)(F)F)cc3)[C@@H]2OCc2ccccc2)O[C@H](COCc2ccccc2)[C@H]1OP1(=O)OCc2ccccc2CO1. The number of rotatable bonds is 52. The van der Waals surface area contributed by atoms with E-state index in [0.29, 0.717) is 59.1 Å². The number of amides is 2. The summed E-state index contributed by atoms with van der Waals surface area (Å²) in [5, 5.41) is 5.64. The Morgan fingerprint density at radius 1 is 0.500 bits per heavy atom. The predicted octanol–water partition coefficient (Wildman–Crippen LogP) is 21.1. The number of phosphoric ester groups is 1. The molecule has 664 valence electrons. The Morgan fingerprint density at radius 2 is 0.950 bits per heavy atom. The maximum Gasteiger partial charge on any atom is 0.509 e. The largest absolute Gasteiger partial charge is 0.509 e. The minimum atomic E-state index is -4.81. The highest BCUT2D eigenvalue weighted by molar-refractivity contribution is 7.48. The molecule has 120 heavy (non-hydrogen) atoms. The number of fused-ring (bicyclic) bond motifs is 1. The maximum absolute atomic E-state index is 15.5. The van der Waals surface area contributed by atoms with E-state index in [1.54, 1.807) is 84.9 Å². The Bertz CT molecular complexity index is 3850. The third kappa shape index (κ3) is 35.5. The van der Waals surface area contributed by atoms with Crippen LogP contribution in [-0.2, 0) is 137 Å². The average Bonchev–Trinajstić information content (AvgIpc) is 0.982. The quantitative estimate of drug-likeness (QED) is 0.00698. The molecular formula is C88H114Cl3F6N2O20P. The first-order chi connectivity index (χ1) is 57.7. The highest BCUT2D eigenvalue weighted by atomic mass is 35.6. The molecule has 0 spiro atoms. The van der Waals surface area contributed by atoms with Crippen LogP contribution in [0.2, 0.25) is 0 Å². The second-order valence-corrected chi connectivity index (χ2v) is 34.0. The normalized spacial score (nSPS) is 21.1. The van der Waals surface area contributed by atoms with E-state index in [-0.39, 0.29) is 52.7 Å². The number of benzene rings is 5. The van der Waals surface area contributed by atoms with Crippen LogP contribution in [0.15, 0.2) is 159 Å². The molecule has 2 fully saturated rings. The highest BCUT2D eigenvalue weighted by Crippen LogP contribution is 2.55. The van der Waals surface area contributed by atoms with E-state index in [1.807, 2.05) is 0 Å². The molecule has 0 aromatic heterocycles. The number of unbranched alkanes of at least 4 members (excludes halogenated alkanes) is 16. The van der Waals surface area contributed by atoms with Gasteiger partial charge >= 0.3 is 38.4 Å². The third-order valence-corrected chi connectivity index (χ3v) is 22.0. The average molecular weight is 1770 g/mol. The van der Waals surface area contributed by atoms with Crippen molar-refractivity contribution >= 4 is 66.8 Å². The summed E-state index contributed by atoms with van der Waals surface area (Å²) in [7, 11) is -4.81. The number of nitrogens with one attached hydrogen (secondary N) is 2. The van der Waals surface area contributed by atoms with Crippen molar-refractivity contribution in [3.63, 3.8) is 0 Å². The molecule has 0 aliphatic carbocycles. The van der Waals surface area contributed by atoms with Crippen molar-refractivity contribution in [3.8, 4) is 0 Å². The zero-order valence-corrected chi connectivity index (χ0v) is 71.2. The summed E-state index contributed by atoms with van der Waals surface area (Å²) in [6.45, 7) is 7.92. The lowest BCUT2D eigenvalue weighted by Crippen LogP contribution is -2.68. The molecule has 12 atom stereocenters. The molecule has 2 amide bonds. The molecule has 0 radical (unpaired) electrons. The van der Waals surface area contributed by atoms with Gasteiger partial charge in [0.1, 0.15) is 49.7 Å². The number of halogens is 9. The van der Waals surface area contributed by atoms with Crippen LogP contribution in [0.4, 0.5) is 35.9 Å². The number of esters is 1. The molecule has 2 N–H and O–H groups in total. The van der Waals surface area contributed by atoms with E-state index in [9.17, 15) is 35.9 Å². The highest BCUT2D eigenvalue weighted by Gasteiger charge is 2.56. The number of carbonyl (C=O) groups is 4. The Hall–Kier alpha value is -6.70. The van der Waals surface area contributed by atoms with Gasteiger partial charge in [-0.2, -0.15) is 26.3 Å². The number of carbonyl (C=O) groups excluding carboxylic acids is 4. The molecule has 2 saturated heterocycles. The van der Waals surface area contributed by atoms with E-state index in [0.717, 1.165) is 127 Å². The number of hydrogen-bond donors (Lipinski definition) is 2. The molecule has 5 aromatic carbocycles. The molecule has 22 nitrogen and oxygen atoms in total.